The van der Waals surface area contributed by atoms with E-state index in [1.807, 2.05) is 0 Å². The van der Waals surface area contributed by atoms with Crippen molar-refractivity contribution >= 4 is 21.5 Å². The summed E-state index contributed by atoms with van der Waals surface area (Å²) in [5.41, 5.74) is 4.53. The van der Waals surface area contributed by atoms with Crippen LogP contribution in [0.4, 0.5) is 5.82 Å². The van der Waals surface area contributed by atoms with E-state index in [4.69, 9.17) is 10.5 Å². The minimum atomic E-state index is -5.11. The van der Waals surface area contributed by atoms with E-state index >= 15 is 0 Å². The fraction of sp³-hybridized carbons (Fsp3) is 0.714. The van der Waals surface area contributed by atoms with Gasteiger partial charge >= 0.3 is 21.3 Å². The molecule has 178 valence electrons. The summed E-state index contributed by atoms with van der Waals surface area (Å²) in [4.78, 5) is 34.7. The SMILES string of the molecule is C[N+](C)(C)CCOP(=O)(O)OP(=O)(O)OC[C@@H]1O[C@H](n2ccc(N)nc2=O)[C@H](O)[C@@H]1O. The van der Waals surface area contributed by atoms with Gasteiger partial charge in [0.25, 0.3) is 0 Å². The summed E-state index contributed by atoms with van der Waals surface area (Å²) in [6.07, 6.45) is -4.82. The number of ether oxygens (including phenoxy) is 1. The van der Waals surface area contributed by atoms with Gasteiger partial charge in [-0.05, 0) is 6.07 Å². The Morgan fingerprint density at radius 2 is 1.81 bits per heavy atom. The number of quaternary nitrogens is 1. The Labute approximate surface area is 177 Å². The van der Waals surface area contributed by atoms with Crippen LogP contribution in [0.5, 0.6) is 0 Å². The zero-order valence-corrected chi connectivity index (χ0v) is 18.8. The van der Waals surface area contributed by atoms with Gasteiger partial charge in [-0.2, -0.15) is 9.29 Å². The summed E-state index contributed by atoms with van der Waals surface area (Å²) >= 11 is 0. The van der Waals surface area contributed by atoms with Crippen LogP contribution in [0, 0.1) is 0 Å². The number of nitrogens with zero attached hydrogens (tertiary/aromatic N) is 3. The predicted molar refractivity (Wildman–Crippen MR) is 104 cm³/mol. The topological polar surface area (TPSA) is 213 Å². The van der Waals surface area contributed by atoms with Crippen LogP contribution in [-0.2, 0) is 27.2 Å². The molecule has 2 rings (SSSR count). The van der Waals surface area contributed by atoms with E-state index in [1.165, 1.54) is 12.3 Å². The van der Waals surface area contributed by atoms with Crippen LogP contribution in [0.15, 0.2) is 17.1 Å². The van der Waals surface area contributed by atoms with Crippen LogP contribution in [0.25, 0.3) is 0 Å². The molecule has 0 saturated carbocycles. The van der Waals surface area contributed by atoms with Gasteiger partial charge in [-0.1, -0.05) is 0 Å². The fourth-order valence-corrected chi connectivity index (χ4v) is 4.56. The highest BCUT2D eigenvalue weighted by molar-refractivity contribution is 7.61. The lowest BCUT2D eigenvalue weighted by Gasteiger charge is -2.24. The number of nitrogen functional groups attached to an aromatic ring is 1. The normalized spacial score (nSPS) is 28.2. The Balaban J connectivity index is 1.96. The molecular formula is C14H27N4O11P2+. The number of phosphoric acid groups is 2. The smallest absolute Gasteiger partial charge is 0.387 e. The first-order valence-corrected chi connectivity index (χ1v) is 11.9. The molecule has 0 spiro atoms. The second-order valence-corrected chi connectivity index (χ2v) is 10.8. The number of aliphatic hydroxyl groups is 2. The number of aliphatic hydroxyl groups excluding tert-OH is 2. The first kappa shape index (κ1) is 26.0. The van der Waals surface area contributed by atoms with Gasteiger partial charge in [0, 0.05) is 6.20 Å². The van der Waals surface area contributed by atoms with Crippen LogP contribution < -0.4 is 11.4 Å². The molecule has 0 aliphatic carbocycles. The third-order valence-electron chi connectivity index (χ3n) is 4.09. The van der Waals surface area contributed by atoms with E-state index in [9.17, 15) is 33.9 Å². The molecule has 15 nitrogen and oxygen atoms in total. The quantitative estimate of drug-likeness (QED) is 0.185. The summed E-state index contributed by atoms with van der Waals surface area (Å²) in [5.74, 6) is -0.0652. The summed E-state index contributed by atoms with van der Waals surface area (Å²) in [6.45, 7) is -0.746. The molecular weight excluding hydrogens is 462 g/mol. The molecule has 1 saturated heterocycles. The van der Waals surface area contributed by atoms with Gasteiger partial charge in [0.2, 0.25) is 0 Å². The lowest BCUT2D eigenvalue weighted by atomic mass is 10.1. The van der Waals surface area contributed by atoms with Gasteiger partial charge in [0.05, 0.1) is 27.7 Å². The van der Waals surface area contributed by atoms with Crippen molar-refractivity contribution in [3.8, 4) is 0 Å². The first-order valence-electron chi connectivity index (χ1n) is 8.93. The molecule has 31 heavy (non-hydrogen) atoms. The fourth-order valence-electron chi connectivity index (χ4n) is 2.49. The summed E-state index contributed by atoms with van der Waals surface area (Å²) < 4.78 is 43.9. The Hall–Kier alpha value is -1.22. The van der Waals surface area contributed by atoms with Gasteiger partial charge in [0.15, 0.2) is 6.23 Å². The van der Waals surface area contributed by atoms with Crippen molar-refractivity contribution in [2.24, 2.45) is 0 Å². The Kier molecular flexibility index (Phi) is 8.17. The number of rotatable bonds is 10. The minimum absolute atomic E-state index is 0.0652. The number of nitrogens with two attached hydrogens (primary N) is 1. The van der Waals surface area contributed by atoms with Crippen LogP contribution in [-0.4, -0.2) is 93.2 Å². The monoisotopic (exact) mass is 489 g/mol. The summed E-state index contributed by atoms with van der Waals surface area (Å²) in [6, 6.07) is 1.26. The number of aromatic nitrogens is 2. The van der Waals surface area contributed by atoms with Crippen molar-refractivity contribution < 1.29 is 51.7 Å². The molecule has 6 atom stereocenters. The summed E-state index contributed by atoms with van der Waals surface area (Å²) in [7, 11) is -4.64. The van der Waals surface area contributed by atoms with Crippen molar-refractivity contribution in [3.05, 3.63) is 22.7 Å². The van der Waals surface area contributed by atoms with Gasteiger partial charge < -0.3 is 35.0 Å². The lowest BCUT2D eigenvalue weighted by Crippen LogP contribution is -2.37. The molecule has 1 aliphatic heterocycles. The van der Waals surface area contributed by atoms with E-state index in [1.54, 1.807) is 21.1 Å². The maximum atomic E-state index is 12.0. The van der Waals surface area contributed by atoms with Crippen LogP contribution >= 0.6 is 15.6 Å². The average Bonchev–Trinajstić information content (AvgIpc) is 2.86. The van der Waals surface area contributed by atoms with Crippen molar-refractivity contribution in [1.29, 1.82) is 0 Å². The third-order valence-corrected chi connectivity index (χ3v) is 6.72. The maximum absolute atomic E-state index is 12.0. The highest BCUT2D eigenvalue weighted by atomic mass is 31.3. The van der Waals surface area contributed by atoms with E-state index in [0.29, 0.717) is 11.0 Å². The van der Waals surface area contributed by atoms with Crippen molar-refractivity contribution in [1.82, 2.24) is 9.55 Å². The predicted octanol–water partition coefficient (Wildman–Crippen LogP) is -1.60. The molecule has 1 aliphatic rings. The minimum Gasteiger partial charge on any atom is -0.387 e. The van der Waals surface area contributed by atoms with Crippen molar-refractivity contribution in [2.75, 3.05) is 46.6 Å². The van der Waals surface area contributed by atoms with E-state index in [2.05, 4.69) is 18.3 Å². The van der Waals surface area contributed by atoms with Gasteiger partial charge in [-0.15, -0.1) is 0 Å². The summed E-state index contributed by atoms with van der Waals surface area (Å²) in [5, 5.41) is 20.2. The molecule has 0 amide bonds. The first-order chi connectivity index (χ1) is 14.1. The van der Waals surface area contributed by atoms with Crippen molar-refractivity contribution in [2.45, 2.75) is 24.5 Å². The molecule has 1 aromatic heterocycles. The largest absolute Gasteiger partial charge is 0.481 e. The molecule has 0 bridgehead atoms. The Bertz CT molecular complexity index is 920. The zero-order chi connectivity index (χ0) is 23.6. The van der Waals surface area contributed by atoms with E-state index in [-0.39, 0.29) is 12.4 Å². The average molecular weight is 489 g/mol. The number of anilines is 1. The molecule has 6 N–H and O–H groups in total. The highest BCUT2D eigenvalue weighted by Gasteiger charge is 2.46. The van der Waals surface area contributed by atoms with Crippen LogP contribution in [0.3, 0.4) is 0 Å². The number of likely N-dealkylation sites (N-methyl/N-ethyl adjacent to an activating group) is 1. The Morgan fingerprint density at radius 1 is 1.19 bits per heavy atom. The highest BCUT2D eigenvalue weighted by Crippen LogP contribution is 2.60. The van der Waals surface area contributed by atoms with E-state index in [0.717, 1.165) is 4.57 Å². The molecule has 0 radical (unpaired) electrons. The van der Waals surface area contributed by atoms with Crippen molar-refractivity contribution in [3.63, 3.8) is 0 Å². The molecule has 2 heterocycles. The van der Waals surface area contributed by atoms with E-state index < -0.39 is 52.5 Å². The molecule has 0 aromatic carbocycles. The van der Waals surface area contributed by atoms with Crippen LogP contribution in [0.2, 0.25) is 0 Å². The van der Waals surface area contributed by atoms with Gasteiger partial charge in [-0.25, -0.2) is 13.9 Å². The third kappa shape index (κ3) is 7.70. The lowest BCUT2D eigenvalue weighted by molar-refractivity contribution is -0.870. The maximum Gasteiger partial charge on any atom is 0.481 e. The number of phosphoric ester groups is 2. The number of hydrogen-bond acceptors (Lipinski definition) is 11. The Morgan fingerprint density at radius 3 is 2.39 bits per heavy atom. The van der Waals surface area contributed by atoms with Gasteiger partial charge in [-0.3, -0.25) is 13.6 Å². The second-order valence-electron chi connectivity index (χ2n) is 7.75. The number of hydrogen-bond donors (Lipinski definition) is 5. The standard InChI is InChI=1S/C14H26N4O11P2/c1-18(2,3)6-7-26-30(22,23)29-31(24,25)27-8-9-11(19)12(20)13(28-9)17-5-4-10(15)16-14(17)21/h4-5,9,11-13,19-20H,6-8H2,1-3H3,(H3-,15,16,21,22,23,24,25)/p+1/t9-,11+,12+,13-/m0/s1. The van der Waals surface area contributed by atoms with Crippen LogP contribution in [0.1, 0.15) is 6.23 Å². The molecule has 17 heteroatoms. The second kappa shape index (κ2) is 9.73. The molecule has 1 aromatic rings. The molecule has 1 fully saturated rings. The molecule has 2 unspecified atom stereocenters. The zero-order valence-electron chi connectivity index (χ0n) is 17.0. The van der Waals surface area contributed by atoms with Gasteiger partial charge in [0.1, 0.15) is 37.3 Å².